The minimum absolute atomic E-state index is 0.185. The number of fused-ring (bicyclic) bond motifs is 1. The number of nitrogens with one attached hydrogen (secondary N) is 1. The number of rotatable bonds is 4. The van der Waals surface area contributed by atoms with Gasteiger partial charge in [0.25, 0.3) is 0 Å². The van der Waals surface area contributed by atoms with E-state index < -0.39 is 0 Å². The molecule has 108 valence electrons. The van der Waals surface area contributed by atoms with Crippen molar-refractivity contribution in [2.24, 2.45) is 11.8 Å². The van der Waals surface area contributed by atoms with Crippen molar-refractivity contribution in [2.45, 2.75) is 25.9 Å². The first kappa shape index (κ1) is 13.7. The lowest BCUT2D eigenvalue weighted by Crippen LogP contribution is -2.35. The van der Waals surface area contributed by atoms with Crippen molar-refractivity contribution in [1.82, 2.24) is 14.9 Å². The third-order valence-corrected chi connectivity index (χ3v) is 4.84. The van der Waals surface area contributed by atoms with Gasteiger partial charge in [0, 0.05) is 6.04 Å². The van der Waals surface area contributed by atoms with Crippen LogP contribution in [0.3, 0.4) is 0 Å². The number of nitrogens with two attached hydrogens (primary N) is 1. The number of nitrogen functional groups attached to an aromatic ring is 1. The highest BCUT2D eigenvalue weighted by Crippen LogP contribution is 2.27. The molecule has 1 saturated heterocycles. The number of anilines is 1. The summed E-state index contributed by atoms with van der Waals surface area (Å²) in [4.78, 5) is 12.3. The third-order valence-electron chi connectivity index (χ3n) is 4.04. The Hall–Kier alpha value is -1.28. The minimum Gasteiger partial charge on any atom is -0.395 e. The van der Waals surface area contributed by atoms with Gasteiger partial charge in [-0.1, -0.05) is 6.92 Å². The fourth-order valence-corrected chi connectivity index (χ4v) is 3.62. The van der Waals surface area contributed by atoms with Crippen molar-refractivity contribution in [3.8, 4) is 0 Å². The van der Waals surface area contributed by atoms with E-state index in [0.717, 1.165) is 29.0 Å². The van der Waals surface area contributed by atoms with E-state index >= 15 is 0 Å². The van der Waals surface area contributed by atoms with Gasteiger partial charge in [-0.25, -0.2) is 15.8 Å². The maximum Gasteiger partial charge on any atom is 0.152 e. The highest BCUT2D eigenvalue weighted by atomic mass is 32.1. The number of nitrogens with zero attached hydrogens (tertiary/aromatic N) is 3. The van der Waals surface area contributed by atoms with Crippen molar-refractivity contribution >= 4 is 27.4 Å². The van der Waals surface area contributed by atoms with Crippen molar-refractivity contribution in [2.75, 3.05) is 18.6 Å². The van der Waals surface area contributed by atoms with Gasteiger partial charge in [-0.05, 0) is 30.3 Å². The molecule has 0 aliphatic carbocycles. The number of aromatic nitrogens is 2. The van der Waals surface area contributed by atoms with E-state index in [0.29, 0.717) is 18.3 Å². The zero-order valence-corrected chi connectivity index (χ0v) is 12.2. The Morgan fingerprint density at radius 1 is 1.55 bits per heavy atom. The highest BCUT2D eigenvalue weighted by Gasteiger charge is 2.31. The molecule has 6 nitrogen and oxygen atoms in total. The molecule has 2 aromatic rings. The van der Waals surface area contributed by atoms with Crippen LogP contribution in [0.5, 0.6) is 0 Å². The summed E-state index contributed by atoms with van der Waals surface area (Å²) in [6, 6.07) is 2.17. The first-order chi connectivity index (χ1) is 9.72. The topological polar surface area (TPSA) is 87.3 Å². The smallest absolute Gasteiger partial charge is 0.152 e. The minimum atomic E-state index is 0.185. The molecule has 1 aliphatic rings. The summed E-state index contributed by atoms with van der Waals surface area (Å²) in [6.07, 6.45) is 1.11. The fourth-order valence-electron chi connectivity index (χ4n) is 2.84. The van der Waals surface area contributed by atoms with Crippen molar-refractivity contribution in [3.05, 3.63) is 17.3 Å². The molecular formula is C13H19N5OS. The maximum absolute atomic E-state index is 9.51. The Balaban J connectivity index is 1.87. The van der Waals surface area contributed by atoms with Crippen LogP contribution >= 0.6 is 11.3 Å². The molecule has 2 aromatic heterocycles. The number of likely N-dealkylation sites (tertiary alicyclic amines) is 1. The van der Waals surface area contributed by atoms with Gasteiger partial charge in [0.05, 0.1) is 18.5 Å². The Kier molecular flexibility index (Phi) is 3.84. The fraction of sp³-hybridized carbons (Fsp3) is 0.538. The van der Waals surface area contributed by atoms with E-state index in [2.05, 4.69) is 27.2 Å². The van der Waals surface area contributed by atoms with Gasteiger partial charge in [-0.2, -0.15) is 0 Å². The maximum atomic E-state index is 9.51. The molecule has 3 rings (SSSR count). The van der Waals surface area contributed by atoms with Crippen LogP contribution in [0.4, 0.5) is 5.82 Å². The summed E-state index contributed by atoms with van der Waals surface area (Å²) in [5, 5.41) is 12.4. The Morgan fingerprint density at radius 3 is 3.15 bits per heavy atom. The van der Waals surface area contributed by atoms with E-state index in [9.17, 15) is 5.11 Å². The molecule has 4 N–H and O–H groups in total. The summed E-state index contributed by atoms with van der Waals surface area (Å²) < 4.78 is 0. The molecule has 0 radical (unpaired) electrons. The van der Waals surface area contributed by atoms with Crippen LogP contribution in [0.15, 0.2) is 11.4 Å². The van der Waals surface area contributed by atoms with Crippen molar-refractivity contribution in [1.29, 1.82) is 0 Å². The summed E-state index contributed by atoms with van der Waals surface area (Å²) in [5.41, 5.74) is 2.64. The molecule has 0 spiro atoms. The predicted molar refractivity (Wildman–Crippen MR) is 80.3 cm³/mol. The first-order valence-electron chi connectivity index (χ1n) is 6.78. The largest absolute Gasteiger partial charge is 0.395 e. The zero-order valence-electron chi connectivity index (χ0n) is 11.4. The molecule has 2 unspecified atom stereocenters. The molecule has 0 amide bonds. The summed E-state index contributed by atoms with van der Waals surface area (Å²) >= 11 is 1.58. The number of aliphatic hydroxyl groups is 1. The average Bonchev–Trinajstić information content (AvgIpc) is 3.04. The van der Waals surface area contributed by atoms with Crippen LogP contribution in [0.1, 0.15) is 19.2 Å². The van der Waals surface area contributed by atoms with Gasteiger partial charge in [0.15, 0.2) is 5.82 Å². The van der Waals surface area contributed by atoms with Crippen LogP contribution in [-0.2, 0) is 6.54 Å². The van der Waals surface area contributed by atoms with E-state index in [4.69, 9.17) is 5.84 Å². The van der Waals surface area contributed by atoms with E-state index in [1.165, 1.54) is 0 Å². The number of hydrogen-bond donors (Lipinski definition) is 3. The normalized spacial score (nSPS) is 23.6. The molecule has 0 aromatic carbocycles. The van der Waals surface area contributed by atoms with Gasteiger partial charge in [0.2, 0.25) is 0 Å². The Morgan fingerprint density at radius 2 is 2.40 bits per heavy atom. The summed E-state index contributed by atoms with van der Waals surface area (Å²) in [6.45, 7) is 3.99. The van der Waals surface area contributed by atoms with E-state index in [1.54, 1.807) is 11.3 Å². The van der Waals surface area contributed by atoms with Gasteiger partial charge in [-0.3, -0.25) is 4.90 Å². The Labute approximate surface area is 121 Å². The standard InChI is InChI=1S/C13H19N5OS/c1-8-2-4-18(10(8)7-19)6-11-15-12(17-14)9-3-5-20-13(9)16-11/h3,5,8,10,19H,2,4,6-7,14H2,1H3,(H,15,16,17). The first-order valence-corrected chi connectivity index (χ1v) is 7.66. The molecular weight excluding hydrogens is 274 g/mol. The lowest BCUT2D eigenvalue weighted by molar-refractivity contribution is 0.132. The molecule has 3 heterocycles. The number of aliphatic hydroxyl groups excluding tert-OH is 1. The van der Waals surface area contributed by atoms with Gasteiger partial charge >= 0.3 is 0 Å². The number of thiophene rings is 1. The predicted octanol–water partition coefficient (Wildman–Crippen LogP) is 1.18. The number of hydrogen-bond acceptors (Lipinski definition) is 7. The summed E-state index contributed by atoms with van der Waals surface area (Å²) in [5.74, 6) is 7.47. The quantitative estimate of drug-likeness (QED) is 0.579. The zero-order chi connectivity index (χ0) is 14.1. The van der Waals surface area contributed by atoms with Gasteiger partial charge in [-0.15, -0.1) is 11.3 Å². The van der Waals surface area contributed by atoms with Crippen LogP contribution in [-0.4, -0.2) is 39.2 Å². The molecule has 0 saturated carbocycles. The Bertz CT molecular complexity index is 601. The van der Waals surface area contributed by atoms with Gasteiger partial charge < -0.3 is 10.5 Å². The molecule has 0 bridgehead atoms. The van der Waals surface area contributed by atoms with Crippen LogP contribution in [0.25, 0.3) is 10.2 Å². The molecule has 1 aliphatic heterocycles. The second-order valence-corrected chi connectivity index (χ2v) is 6.15. The monoisotopic (exact) mass is 293 g/mol. The van der Waals surface area contributed by atoms with Gasteiger partial charge in [0.1, 0.15) is 10.7 Å². The van der Waals surface area contributed by atoms with Crippen LogP contribution in [0.2, 0.25) is 0 Å². The lowest BCUT2D eigenvalue weighted by atomic mass is 10.0. The molecule has 7 heteroatoms. The average molecular weight is 293 g/mol. The lowest BCUT2D eigenvalue weighted by Gasteiger charge is -2.24. The van der Waals surface area contributed by atoms with E-state index in [-0.39, 0.29) is 12.6 Å². The third kappa shape index (κ3) is 2.37. The summed E-state index contributed by atoms with van der Waals surface area (Å²) in [7, 11) is 0. The van der Waals surface area contributed by atoms with Crippen molar-refractivity contribution < 1.29 is 5.11 Å². The van der Waals surface area contributed by atoms with E-state index in [1.807, 2.05) is 11.4 Å². The molecule has 2 atom stereocenters. The van der Waals surface area contributed by atoms with Crippen LogP contribution < -0.4 is 11.3 Å². The molecule has 20 heavy (non-hydrogen) atoms. The number of hydrazine groups is 1. The van der Waals surface area contributed by atoms with Crippen LogP contribution in [0, 0.1) is 5.92 Å². The molecule has 1 fully saturated rings. The van der Waals surface area contributed by atoms with Crippen molar-refractivity contribution in [3.63, 3.8) is 0 Å². The second kappa shape index (κ2) is 5.61. The SMILES string of the molecule is CC1CCN(Cc2nc(NN)c3ccsc3n2)C1CO. The second-order valence-electron chi connectivity index (χ2n) is 5.26. The highest BCUT2D eigenvalue weighted by molar-refractivity contribution is 7.16.